The molecule has 2 nitrogen and oxygen atoms in total. The van der Waals surface area contributed by atoms with Crippen LogP contribution in [0.15, 0.2) is 30.3 Å². The molecule has 5 heteroatoms. The van der Waals surface area contributed by atoms with E-state index in [2.05, 4.69) is 0 Å². The van der Waals surface area contributed by atoms with Crippen LogP contribution >= 0.6 is 34.8 Å². The molecule has 1 aromatic rings. The summed E-state index contributed by atoms with van der Waals surface area (Å²) in [6.45, 7) is 1.18. The number of hydrogen-bond donors (Lipinski definition) is 0. The van der Waals surface area contributed by atoms with E-state index in [1.54, 1.807) is 4.90 Å². The fourth-order valence-corrected chi connectivity index (χ4v) is 3.26. The van der Waals surface area contributed by atoms with Crippen LogP contribution in [0.1, 0.15) is 12.0 Å². The first-order chi connectivity index (χ1) is 8.55. The Morgan fingerprint density at radius 3 is 2.56 bits per heavy atom. The Bertz CT molecular complexity index is 422. The first-order valence-electron chi connectivity index (χ1n) is 5.82. The highest BCUT2D eigenvalue weighted by Crippen LogP contribution is 2.39. The van der Waals surface area contributed by atoms with E-state index in [1.807, 2.05) is 30.3 Å². The average molecular weight is 307 g/mol. The van der Waals surface area contributed by atoms with Crippen molar-refractivity contribution in [1.29, 1.82) is 0 Å². The fraction of sp³-hybridized carbons (Fsp3) is 0.462. The molecule has 1 aromatic carbocycles. The van der Waals surface area contributed by atoms with Crippen LogP contribution in [-0.4, -0.2) is 27.6 Å². The third-order valence-electron chi connectivity index (χ3n) is 3.24. The Labute approximate surface area is 122 Å². The first-order valence-corrected chi connectivity index (χ1v) is 7.12. The summed E-state index contributed by atoms with van der Waals surface area (Å²) in [5, 5.41) is 0. The largest absolute Gasteiger partial charge is 0.336 e. The molecule has 1 unspecified atom stereocenters. The predicted molar refractivity (Wildman–Crippen MR) is 75.1 cm³/mol. The molecule has 2 rings (SSSR count). The van der Waals surface area contributed by atoms with E-state index in [0.29, 0.717) is 19.0 Å². The van der Waals surface area contributed by atoms with E-state index in [-0.39, 0.29) is 11.8 Å². The van der Waals surface area contributed by atoms with Crippen molar-refractivity contribution < 1.29 is 4.79 Å². The lowest BCUT2D eigenvalue weighted by Crippen LogP contribution is -2.52. The second kappa shape index (κ2) is 5.68. The second-order valence-electron chi connectivity index (χ2n) is 4.48. The number of piperidine rings is 1. The van der Waals surface area contributed by atoms with Crippen LogP contribution in [0.3, 0.4) is 0 Å². The summed E-state index contributed by atoms with van der Waals surface area (Å²) < 4.78 is -1.39. The number of halogens is 3. The Hall–Kier alpha value is -0.440. The van der Waals surface area contributed by atoms with Crippen LogP contribution in [0.4, 0.5) is 0 Å². The molecule has 0 spiro atoms. The van der Waals surface area contributed by atoms with E-state index in [1.165, 1.54) is 0 Å². The Morgan fingerprint density at radius 2 is 1.94 bits per heavy atom. The lowest BCUT2D eigenvalue weighted by molar-refractivity contribution is -0.136. The maximum atomic E-state index is 12.2. The number of alkyl halides is 3. The van der Waals surface area contributed by atoms with Gasteiger partial charge in [-0.1, -0.05) is 53.5 Å². The highest BCUT2D eigenvalue weighted by Gasteiger charge is 2.47. The van der Waals surface area contributed by atoms with Gasteiger partial charge in [0.2, 0.25) is 0 Å². The van der Waals surface area contributed by atoms with Gasteiger partial charge in [-0.3, -0.25) is 4.79 Å². The van der Waals surface area contributed by atoms with Gasteiger partial charge < -0.3 is 4.90 Å². The maximum absolute atomic E-state index is 12.2. The smallest absolute Gasteiger partial charge is 0.259 e. The summed E-state index contributed by atoms with van der Waals surface area (Å²) in [5.41, 5.74) is 1.07. The van der Waals surface area contributed by atoms with Gasteiger partial charge in [-0.25, -0.2) is 0 Å². The van der Waals surface area contributed by atoms with Crippen molar-refractivity contribution in [2.75, 3.05) is 12.4 Å². The molecule has 1 atom stereocenters. The van der Waals surface area contributed by atoms with Crippen molar-refractivity contribution in [3.63, 3.8) is 0 Å². The highest BCUT2D eigenvalue weighted by molar-refractivity contribution is 6.58. The molecule has 0 bridgehead atoms. The minimum absolute atomic E-state index is 0.179. The molecule has 98 valence electrons. The summed E-state index contributed by atoms with van der Waals surface area (Å²) in [6.07, 6.45) is 0.731. The van der Waals surface area contributed by atoms with Crippen LogP contribution in [0.25, 0.3) is 0 Å². The average Bonchev–Trinajstić information content (AvgIpc) is 2.37. The predicted octanol–water partition coefficient (Wildman–Crippen LogP) is 3.45. The molecule has 0 saturated carbocycles. The zero-order valence-electron chi connectivity index (χ0n) is 9.78. The third kappa shape index (κ3) is 2.76. The fourth-order valence-electron chi connectivity index (χ4n) is 2.11. The number of hydrogen-bond acceptors (Lipinski definition) is 1. The van der Waals surface area contributed by atoms with E-state index in [0.717, 1.165) is 12.0 Å². The van der Waals surface area contributed by atoms with Crippen molar-refractivity contribution in [2.45, 2.75) is 17.3 Å². The van der Waals surface area contributed by atoms with Crippen LogP contribution in [0.5, 0.6) is 0 Å². The zero-order valence-corrected chi connectivity index (χ0v) is 12.0. The topological polar surface area (TPSA) is 20.3 Å². The molecule has 1 fully saturated rings. The van der Waals surface area contributed by atoms with E-state index in [9.17, 15) is 4.79 Å². The third-order valence-corrected chi connectivity index (χ3v) is 4.55. The molecule has 1 amide bonds. The van der Waals surface area contributed by atoms with Gasteiger partial charge in [-0.05, 0) is 12.0 Å². The summed E-state index contributed by atoms with van der Waals surface area (Å²) in [6, 6.07) is 9.79. The van der Waals surface area contributed by atoms with Crippen LogP contribution in [0, 0.1) is 5.92 Å². The van der Waals surface area contributed by atoms with Gasteiger partial charge >= 0.3 is 0 Å². The molecular weight excluding hydrogens is 293 g/mol. The van der Waals surface area contributed by atoms with Crippen molar-refractivity contribution in [1.82, 2.24) is 4.90 Å². The highest BCUT2D eigenvalue weighted by atomic mass is 35.5. The van der Waals surface area contributed by atoms with Gasteiger partial charge in [0.1, 0.15) is 0 Å². The van der Waals surface area contributed by atoms with Crippen molar-refractivity contribution >= 4 is 40.7 Å². The summed E-state index contributed by atoms with van der Waals surface area (Å²) in [7, 11) is 0. The molecule has 1 heterocycles. The lowest BCUT2D eigenvalue weighted by Gasteiger charge is -2.39. The van der Waals surface area contributed by atoms with Crippen molar-refractivity contribution in [2.24, 2.45) is 5.92 Å². The number of carbonyl (C=O) groups excluding carboxylic acids is 1. The quantitative estimate of drug-likeness (QED) is 0.783. The minimum atomic E-state index is -1.39. The Balaban J connectivity index is 2.10. The van der Waals surface area contributed by atoms with Gasteiger partial charge in [0.05, 0.1) is 0 Å². The van der Waals surface area contributed by atoms with Crippen LogP contribution in [-0.2, 0) is 11.3 Å². The lowest BCUT2D eigenvalue weighted by atomic mass is 9.96. The van der Waals surface area contributed by atoms with E-state index in [4.69, 9.17) is 34.8 Å². The van der Waals surface area contributed by atoms with Gasteiger partial charge in [0, 0.05) is 24.9 Å². The number of rotatable bonds is 3. The molecule has 0 aromatic heterocycles. The summed E-state index contributed by atoms with van der Waals surface area (Å²) >= 11 is 18.1. The van der Waals surface area contributed by atoms with Crippen molar-refractivity contribution in [3.05, 3.63) is 35.9 Å². The number of likely N-dealkylation sites (tertiary alicyclic amines) is 1. The molecule has 18 heavy (non-hydrogen) atoms. The molecule has 0 N–H and O–H groups in total. The molecule has 0 aliphatic carbocycles. The Morgan fingerprint density at radius 1 is 1.28 bits per heavy atom. The minimum Gasteiger partial charge on any atom is -0.336 e. The van der Waals surface area contributed by atoms with Crippen LogP contribution < -0.4 is 0 Å². The maximum Gasteiger partial charge on any atom is 0.259 e. The van der Waals surface area contributed by atoms with E-state index < -0.39 is 4.33 Å². The number of amides is 1. The molecule has 1 aliphatic rings. The summed E-state index contributed by atoms with van der Waals surface area (Å²) in [4.78, 5) is 13.9. The standard InChI is InChI=1S/C13H14Cl3NO/c14-8-11-6-7-17(12(18)13(11,15)16)9-10-4-2-1-3-5-10/h1-5,11H,6-9H2. The second-order valence-corrected chi connectivity index (χ2v) is 6.17. The molecule has 1 aliphatic heterocycles. The SMILES string of the molecule is O=C1N(Cc2ccccc2)CCC(CCl)C1(Cl)Cl. The zero-order chi connectivity index (χ0) is 13.2. The number of carbonyl (C=O) groups is 1. The number of benzene rings is 1. The Kier molecular flexibility index (Phi) is 4.41. The van der Waals surface area contributed by atoms with Gasteiger partial charge in [-0.2, -0.15) is 0 Å². The normalized spacial score (nSPS) is 23.2. The first kappa shape index (κ1) is 14.0. The monoisotopic (exact) mass is 305 g/mol. The van der Waals surface area contributed by atoms with E-state index >= 15 is 0 Å². The molecular formula is C13H14Cl3NO. The van der Waals surface area contributed by atoms with Gasteiger partial charge in [0.25, 0.3) is 5.91 Å². The summed E-state index contributed by atoms with van der Waals surface area (Å²) in [5.74, 6) is -0.119. The van der Waals surface area contributed by atoms with Gasteiger partial charge in [0.15, 0.2) is 4.33 Å². The van der Waals surface area contributed by atoms with Crippen LogP contribution in [0.2, 0.25) is 0 Å². The molecule has 0 radical (unpaired) electrons. The molecule has 1 saturated heterocycles. The van der Waals surface area contributed by atoms with Crippen molar-refractivity contribution in [3.8, 4) is 0 Å². The van der Waals surface area contributed by atoms with Gasteiger partial charge in [-0.15, -0.1) is 11.6 Å². The number of nitrogens with zero attached hydrogens (tertiary/aromatic N) is 1.